The Morgan fingerprint density at radius 2 is 1.89 bits per heavy atom. The average Bonchev–Trinajstić information content (AvgIpc) is 2.27. The van der Waals surface area contributed by atoms with Gasteiger partial charge in [-0.3, -0.25) is 9.36 Å². The fourth-order valence-corrected chi connectivity index (χ4v) is 2.51. The van der Waals surface area contributed by atoms with Crippen molar-refractivity contribution in [2.45, 2.75) is 0 Å². The molecule has 0 aliphatic carbocycles. The monoisotopic (exact) mass is 329 g/mol. The zero-order chi connectivity index (χ0) is 13.3. The molecule has 0 spiro atoms. The Labute approximate surface area is 111 Å². The summed E-state index contributed by atoms with van der Waals surface area (Å²) in [5, 5.41) is -0.527. The number of aromatic nitrogens is 1. The summed E-state index contributed by atoms with van der Waals surface area (Å²) in [7, 11) is -4.53. The number of pyridine rings is 1. The minimum Gasteiger partial charge on any atom is -0.321 e. The summed E-state index contributed by atoms with van der Waals surface area (Å²) in [4.78, 5) is 32.0. The first kappa shape index (κ1) is 13.2. The molecule has 0 aliphatic rings. The second kappa shape index (κ2) is 4.82. The third-order valence-electron chi connectivity index (χ3n) is 2.34. The standard InChI is InChI=1S/C11H9BrNO4P/c12-8-3-1-2-7(6-8)9-4-5-10(11(14)13-9)18(15,16)17/h1-6H,(H,13,14)(H2,15,16,17). The number of hydrogen-bond acceptors (Lipinski definition) is 2. The molecule has 1 aromatic carbocycles. The Bertz CT molecular complexity index is 691. The molecule has 94 valence electrons. The zero-order valence-electron chi connectivity index (χ0n) is 9.00. The fourth-order valence-electron chi connectivity index (χ4n) is 1.52. The first-order valence-corrected chi connectivity index (χ1v) is 7.34. The van der Waals surface area contributed by atoms with Gasteiger partial charge in [0.15, 0.2) is 0 Å². The van der Waals surface area contributed by atoms with Crippen LogP contribution in [-0.2, 0) is 4.57 Å². The van der Waals surface area contributed by atoms with Crippen LogP contribution in [-0.4, -0.2) is 14.8 Å². The van der Waals surface area contributed by atoms with Gasteiger partial charge in [0.2, 0.25) is 0 Å². The van der Waals surface area contributed by atoms with E-state index in [0.29, 0.717) is 5.69 Å². The van der Waals surface area contributed by atoms with E-state index in [0.717, 1.165) is 16.1 Å². The Balaban J connectivity index is 2.54. The van der Waals surface area contributed by atoms with E-state index in [1.54, 1.807) is 18.2 Å². The van der Waals surface area contributed by atoms with Crippen LogP contribution < -0.4 is 10.9 Å². The maximum Gasteiger partial charge on any atom is 0.361 e. The molecule has 1 aromatic heterocycles. The van der Waals surface area contributed by atoms with Crippen LogP contribution in [0.4, 0.5) is 0 Å². The van der Waals surface area contributed by atoms with E-state index in [9.17, 15) is 9.36 Å². The molecule has 3 N–H and O–H groups in total. The molecule has 1 heterocycles. The van der Waals surface area contributed by atoms with Crippen molar-refractivity contribution in [3.63, 3.8) is 0 Å². The number of nitrogens with one attached hydrogen (secondary N) is 1. The first-order chi connectivity index (χ1) is 8.38. The van der Waals surface area contributed by atoms with Crippen molar-refractivity contribution in [1.29, 1.82) is 0 Å². The van der Waals surface area contributed by atoms with Crippen LogP contribution in [0.2, 0.25) is 0 Å². The second-order valence-electron chi connectivity index (χ2n) is 3.64. The molecule has 2 aromatic rings. The first-order valence-electron chi connectivity index (χ1n) is 4.93. The number of H-pyrrole nitrogens is 1. The van der Waals surface area contributed by atoms with Crippen molar-refractivity contribution in [1.82, 2.24) is 4.98 Å². The number of aromatic amines is 1. The van der Waals surface area contributed by atoms with E-state index < -0.39 is 18.5 Å². The Hall–Kier alpha value is -1.20. The minimum atomic E-state index is -4.53. The average molecular weight is 330 g/mol. The molecular weight excluding hydrogens is 321 g/mol. The maximum absolute atomic E-state index is 11.6. The molecule has 0 saturated carbocycles. The summed E-state index contributed by atoms with van der Waals surface area (Å²) in [6.45, 7) is 0. The summed E-state index contributed by atoms with van der Waals surface area (Å²) in [5.74, 6) is 0. The van der Waals surface area contributed by atoms with E-state index in [2.05, 4.69) is 20.9 Å². The van der Waals surface area contributed by atoms with E-state index in [1.807, 2.05) is 6.07 Å². The van der Waals surface area contributed by atoms with Gasteiger partial charge in [-0.2, -0.15) is 0 Å². The summed E-state index contributed by atoms with van der Waals surface area (Å²) in [5.41, 5.74) is 0.470. The van der Waals surface area contributed by atoms with Crippen molar-refractivity contribution in [2.75, 3.05) is 0 Å². The third-order valence-corrected chi connectivity index (χ3v) is 3.81. The lowest BCUT2D eigenvalue weighted by molar-refractivity contribution is 0.387. The van der Waals surface area contributed by atoms with Crippen molar-refractivity contribution in [3.05, 3.63) is 51.2 Å². The Morgan fingerprint density at radius 1 is 1.17 bits per heavy atom. The Morgan fingerprint density at radius 3 is 2.44 bits per heavy atom. The van der Waals surface area contributed by atoms with E-state index in [-0.39, 0.29) is 0 Å². The van der Waals surface area contributed by atoms with Crippen LogP contribution in [0.5, 0.6) is 0 Å². The van der Waals surface area contributed by atoms with E-state index in [4.69, 9.17) is 9.79 Å². The molecule has 7 heteroatoms. The van der Waals surface area contributed by atoms with Gasteiger partial charge in [0.1, 0.15) is 5.30 Å². The molecule has 5 nitrogen and oxygen atoms in total. The maximum atomic E-state index is 11.6. The fraction of sp³-hybridized carbons (Fsp3) is 0. The lowest BCUT2D eigenvalue weighted by Crippen LogP contribution is -2.27. The van der Waals surface area contributed by atoms with Crippen LogP contribution in [0.25, 0.3) is 11.3 Å². The van der Waals surface area contributed by atoms with Crippen molar-refractivity contribution in [3.8, 4) is 11.3 Å². The van der Waals surface area contributed by atoms with Gasteiger partial charge in [0, 0.05) is 10.2 Å². The molecule has 0 saturated heterocycles. The predicted octanol–water partition coefficient (Wildman–Crippen LogP) is 1.61. The molecule has 0 atom stereocenters. The summed E-state index contributed by atoms with van der Waals surface area (Å²) < 4.78 is 11.9. The second-order valence-corrected chi connectivity index (χ2v) is 6.13. The third kappa shape index (κ3) is 2.79. The van der Waals surface area contributed by atoms with Gasteiger partial charge in [-0.1, -0.05) is 28.1 Å². The number of hydrogen-bond donors (Lipinski definition) is 3. The van der Waals surface area contributed by atoms with Crippen LogP contribution in [0.15, 0.2) is 45.7 Å². The lowest BCUT2D eigenvalue weighted by atomic mass is 10.1. The summed E-state index contributed by atoms with van der Waals surface area (Å²) in [6.07, 6.45) is 0. The normalized spacial score (nSPS) is 11.5. The van der Waals surface area contributed by atoms with Crippen LogP contribution in [0, 0.1) is 0 Å². The van der Waals surface area contributed by atoms with Gasteiger partial charge >= 0.3 is 7.60 Å². The molecule has 0 radical (unpaired) electrons. The summed E-state index contributed by atoms with van der Waals surface area (Å²) >= 11 is 3.31. The van der Waals surface area contributed by atoms with Crippen LogP contribution in [0.3, 0.4) is 0 Å². The van der Waals surface area contributed by atoms with Gasteiger partial charge in [0.05, 0.1) is 0 Å². The van der Waals surface area contributed by atoms with Gasteiger partial charge in [-0.05, 0) is 29.8 Å². The number of halogens is 1. The molecule has 2 rings (SSSR count). The molecule has 0 unspecified atom stereocenters. The highest BCUT2D eigenvalue weighted by Gasteiger charge is 2.21. The SMILES string of the molecule is O=c1[nH]c(-c2cccc(Br)c2)ccc1P(=O)(O)O. The summed E-state index contributed by atoms with van der Waals surface area (Å²) in [6, 6.07) is 9.84. The van der Waals surface area contributed by atoms with Gasteiger partial charge < -0.3 is 14.8 Å². The van der Waals surface area contributed by atoms with Gasteiger partial charge in [0.25, 0.3) is 5.56 Å². The van der Waals surface area contributed by atoms with Crippen LogP contribution >= 0.6 is 23.5 Å². The highest BCUT2D eigenvalue weighted by Crippen LogP contribution is 2.31. The molecule has 0 aliphatic heterocycles. The molecule has 0 amide bonds. The number of benzene rings is 1. The molecule has 0 bridgehead atoms. The smallest absolute Gasteiger partial charge is 0.321 e. The van der Waals surface area contributed by atoms with Crippen molar-refractivity contribution < 1.29 is 14.4 Å². The molecular formula is C11H9BrNO4P. The molecule has 0 fully saturated rings. The quantitative estimate of drug-likeness (QED) is 0.730. The highest BCUT2D eigenvalue weighted by atomic mass is 79.9. The topological polar surface area (TPSA) is 90.4 Å². The van der Waals surface area contributed by atoms with Gasteiger partial charge in [-0.15, -0.1) is 0 Å². The zero-order valence-corrected chi connectivity index (χ0v) is 11.5. The Kier molecular flexibility index (Phi) is 3.54. The van der Waals surface area contributed by atoms with Gasteiger partial charge in [-0.25, -0.2) is 0 Å². The predicted molar refractivity (Wildman–Crippen MR) is 71.9 cm³/mol. The van der Waals surface area contributed by atoms with E-state index in [1.165, 1.54) is 6.07 Å². The lowest BCUT2D eigenvalue weighted by Gasteiger charge is -2.05. The van der Waals surface area contributed by atoms with Crippen LogP contribution in [0.1, 0.15) is 0 Å². The molecule has 18 heavy (non-hydrogen) atoms. The number of rotatable bonds is 2. The largest absolute Gasteiger partial charge is 0.361 e. The minimum absolute atomic E-state index is 0.499. The van der Waals surface area contributed by atoms with Crippen molar-refractivity contribution >= 4 is 28.8 Å². The van der Waals surface area contributed by atoms with E-state index >= 15 is 0 Å². The highest BCUT2D eigenvalue weighted by molar-refractivity contribution is 9.10. The van der Waals surface area contributed by atoms with Crippen molar-refractivity contribution in [2.24, 2.45) is 0 Å².